The number of aromatic nitrogens is 6. The maximum Gasteiger partial charge on any atom is 0.279 e. The average molecular weight is 433 g/mol. The minimum Gasteiger partial charge on any atom is -0.288 e. The Labute approximate surface area is 161 Å². The number of carbonyl (C=O) groups is 1. The van der Waals surface area contributed by atoms with E-state index in [4.69, 9.17) is 11.6 Å². The second-order valence-corrected chi connectivity index (χ2v) is 6.63. The molecule has 0 radical (unpaired) electrons. The van der Waals surface area contributed by atoms with Gasteiger partial charge in [-0.2, -0.15) is 5.10 Å². The lowest BCUT2D eigenvalue weighted by Gasteiger charge is -2.01. The third-order valence-corrected chi connectivity index (χ3v) is 4.56. The summed E-state index contributed by atoms with van der Waals surface area (Å²) in [6.45, 7) is 0.516. The Morgan fingerprint density at radius 2 is 2.00 bits per heavy atom. The molecule has 0 saturated heterocycles. The van der Waals surface area contributed by atoms with E-state index < -0.39 is 5.91 Å². The van der Waals surface area contributed by atoms with Gasteiger partial charge in [0.2, 0.25) is 5.95 Å². The van der Waals surface area contributed by atoms with Crippen molar-refractivity contribution in [3.8, 4) is 0 Å². The maximum atomic E-state index is 12.5. The highest BCUT2D eigenvalue weighted by atomic mass is 79.9. The molecular weight excluding hydrogens is 422 g/mol. The van der Waals surface area contributed by atoms with Crippen molar-refractivity contribution in [2.45, 2.75) is 6.54 Å². The number of benzene rings is 1. The van der Waals surface area contributed by atoms with Gasteiger partial charge in [0, 0.05) is 17.4 Å². The van der Waals surface area contributed by atoms with Crippen molar-refractivity contribution in [1.82, 2.24) is 29.4 Å². The van der Waals surface area contributed by atoms with Crippen LogP contribution in [0.2, 0.25) is 5.02 Å². The van der Waals surface area contributed by atoms with Crippen molar-refractivity contribution in [3.05, 3.63) is 69.8 Å². The average Bonchev–Trinajstić information content (AvgIpc) is 3.22. The van der Waals surface area contributed by atoms with Gasteiger partial charge >= 0.3 is 0 Å². The van der Waals surface area contributed by atoms with Gasteiger partial charge in [-0.3, -0.25) is 10.1 Å². The van der Waals surface area contributed by atoms with Crippen LogP contribution in [0.3, 0.4) is 0 Å². The fourth-order valence-electron chi connectivity index (χ4n) is 2.37. The van der Waals surface area contributed by atoms with Gasteiger partial charge in [0.25, 0.3) is 5.91 Å². The highest BCUT2D eigenvalue weighted by Gasteiger charge is 2.19. The Morgan fingerprint density at radius 1 is 1.19 bits per heavy atom. The quantitative estimate of drug-likeness (QED) is 0.535. The molecule has 26 heavy (non-hydrogen) atoms. The summed E-state index contributed by atoms with van der Waals surface area (Å²) >= 11 is 9.24. The fraction of sp³-hybridized carbons (Fsp3) is 0.0625. The molecule has 4 rings (SSSR count). The Hall–Kier alpha value is -2.78. The minimum atomic E-state index is -0.424. The predicted octanol–water partition coefficient (Wildman–Crippen LogP) is 3.04. The highest BCUT2D eigenvalue weighted by molar-refractivity contribution is 9.10. The van der Waals surface area contributed by atoms with Gasteiger partial charge in [-0.25, -0.2) is 19.2 Å². The fourth-order valence-corrected chi connectivity index (χ4v) is 3.04. The van der Waals surface area contributed by atoms with E-state index in [9.17, 15) is 4.79 Å². The molecule has 0 aliphatic rings. The van der Waals surface area contributed by atoms with Crippen LogP contribution < -0.4 is 5.32 Å². The molecule has 0 bridgehead atoms. The van der Waals surface area contributed by atoms with Crippen LogP contribution in [0, 0.1) is 0 Å². The van der Waals surface area contributed by atoms with Crippen LogP contribution in [-0.4, -0.2) is 35.3 Å². The summed E-state index contributed by atoms with van der Waals surface area (Å²) in [6, 6.07) is 9.16. The first-order chi connectivity index (χ1) is 12.6. The number of rotatable bonds is 4. The first kappa shape index (κ1) is 16.7. The van der Waals surface area contributed by atoms with Crippen LogP contribution in [0.4, 0.5) is 5.95 Å². The SMILES string of the molecule is O=C(Nc1ncn(Cc2ccc(Cl)cc2)n1)c1nn2cccnc2c1Br. The molecule has 1 N–H and O–H groups in total. The monoisotopic (exact) mass is 431 g/mol. The smallest absolute Gasteiger partial charge is 0.279 e. The van der Waals surface area contributed by atoms with Gasteiger partial charge in [-0.15, -0.1) is 5.10 Å². The molecular formula is C16H11BrClN7O. The van der Waals surface area contributed by atoms with Crippen molar-refractivity contribution in [1.29, 1.82) is 0 Å². The van der Waals surface area contributed by atoms with Crippen LogP contribution in [0.25, 0.3) is 5.65 Å². The molecule has 0 fully saturated rings. The molecule has 4 aromatic rings. The normalized spacial score (nSPS) is 11.0. The largest absolute Gasteiger partial charge is 0.288 e. The lowest BCUT2D eigenvalue weighted by atomic mass is 10.2. The van der Waals surface area contributed by atoms with E-state index in [2.05, 4.69) is 41.4 Å². The van der Waals surface area contributed by atoms with Crippen LogP contribution >= 0.6 is 27.5 Å². The molecule has 130 valence electrons. The number of fused-ring (bicyclic) bond motifs is 1. The Morgan fingerprint density at radius 3 is 2.77 bits per heavy atom. The van der Waals surface area contributed by atoms with Crippen molar-refractivity contribution in [3.63, 3.8) is 0 Å². The molecule has 3 aromatic heterocycles. The summed E-state index contributed by atoms with van der Waals surface area (Å²) in [6.07, 6.45) is 4.89. The van der Waals surface area contributed by atoms with Gasteiger partial charge in [0.05, 0.1) is 11.0 Å². The molecule has 3 heterocycles. The minimum absolute atomic E-state index is 0.195. The van der Waals surface area contributed by atoms with E-state index in [0.717, 1.165) is 5.56 Å². The number of hydrogen-bond acceptors (Lipinski definition) is 5. The molecule has 0 atom stereocenters. The topological polar surface area (TPSA) is 90.0 Å². The Bertz CT molecular complexity index is 1090. The number of carbonyl (C=O) groups excluding carboxylic acids is 1. The molecule has 0 aliphatic heterocycles. The second kappa shape index (κ2) is 6.85. The number of halogens is 2. The number of amides is 1. The van der Waals surface area contributed by atoms with Crippen molar-refractivity contribution < 1.29 is 4.79 Å². The van der Waals surface area contributed by atoms with Gasteiger partial charge in [0.1, 0.15) is 6.33 Å². The van der Waals surface area contributed by atoms with E-state index >= 15 is 0 Å². The maximum absolute atomic E-state index is 12.5. The van der Waals surface area contributed by atoms with Gasteiger partial charge in [-0.05, 0) is 39.7 Å². The molecule has 1 aromatic carbocycles. The van der Waals surface area contributed by atoms with Crippen LogP contribution in [0.15, 0.2) is 53.5 Å². The summed E-state index contributed by atoms with van der Waals surface area (Å²) in [4.78, 5) is 20.7. The zero-order chi connectivity index (χ0) is 18.1. The number of anilines is 1. The third-order valence-electron chi connectivity index (χ3n) is 3.57. The predicted molar refractivity (Wildman–Crippen MR) is 99.2 cm³/mol. The van der Waals surface area contributed by atoms with E-state index in [1.54, 1.807) is 29.5 Å². The van der Waals surface area contributed by atoms with E-state index in [-0.39, 0.29) is 11.6 Å². The standard InChI is InChI=1S/C16H11BrClN7O/c17-12-13(22-25-7-1-6-19-14(12)25)15(26)21-16-20-9-24(23-16)8-10-2-4-11(18)5-3-10/h1-7,9H,8H2,(H,21,23,26). The highest BCUT2D eigenvalue weighted by Crippen LogP contribution is 2.21. The van der Waals surface area contributed by atoms with Crippen molar-refractivity contribution in [2.75, 3.05) is 5.32 Å². The first-order valence-corrected chi connectivity index (χ1v) is 8.71. The first-order valence-electron chi connectivity index (χ1n) is 7.54. The van der Waals surface area contributed by atoms with Gasteiger partial charge in [0.15, 0.2) is 11.3 Å². The summed E-state index contributed by atoms with van der Waals surface area (Å²) in [5.74, 6) is -0.229. The summed E-state index contributed by atoms with van der Waals surface area (Å²) in [7, 11) is 0. The molecule has 10 heteroatoms. The van der Waals surface area contributed by atoms with Crippen LogP contribution in [0.5, 0.6) is 0 Å². The molecule has 0 unspecified atom stereocenters. The molecule has 0 saturated carbocycles. The Kier molecular flexibility index (Phi) is 4.39. The lowest BCUT2D eigenvalue weighted by Crippen LogP contribution is -2.14. The lowest BCUT2D eigenvalue weighted by molar-refractivity contribution is 0.102. The van der Waals surface area contributed by atoms with Gasteiger partial charge < -0.3 is 0 Å². The molecule has 8 nitrogen and oxygen atoms in total. The van der Waals surface area contributed by atoms with Crippen molar-refractivity contribution >= 4 is 45.0 Å². The zero-order valence-corrected chi connectivity index (χ0v) is 15.5. The molecule has 0 aliphatic carbocycles. The number of nitrogens with zero attached hydrogens (tertiary/aromatic N) is 6. The second-order valence-electron chi connectivity index (χ2n) is 5.40. The summed E-state index contributed by atoms with van der Waals surface area (Å²) < 4.78 is 3.65. The molecule has 1 amide bonds. The van der Waals surface area contributed by atoms with E-state index in [1.165, 1.54) is 4.52 Å². The van der Waals surface area contributed by atoms with Crippen molar-refractivity contribution in [2.24, 2.45) is 0 Å². The Balaban J connectivity index is 1.50. The molecule has 0 spiro atoms. The van der Waals surface area contributed by atoms with Crippen LogP contribution in [-0.2, 0) is 6.54 Å². The summed E-state index contributed by atoms with van der Waals surface area (Å²) in [5, 5.41) is 11.8. The number of hydrogen-bond donors (Lipinski definition) is 1. The van der Waals surface area contributed by atoms with E-state index in [1.807, 2.05) is 24.3 Å². The zero-order valence-electron chi connectivity index (χ0n) is 13.2. The van der Waals surface area contributed by atoms with E-state index in [0.29, 0.717) is 21.7 Å². The summed E-state index contributed by atoms with van der Waals surface area (Å²) in [5.41, 5.74) is 1.78. The van der Waals surface area contributed by atoms with Crippen LogP contribution in [0.1, 0.15) is 16.1 Å². The number of nitrogens with one attached hydrogen (secondary N) is 1. The third kappa shape index (κ3) is 3.31. The van der Waals surface area contributed by atoms with Gasteiger partial charge in [-0.1, -0.05) is 23.7 Å².